The predicted octanol–water partition coefficient (Wildman–Crippen LogP) is 2.89. The standard InChI is InChI=1S/C15H11N3O/c1-10(19)11-7-4-8-14(17-11)15-9-16-12-5-2-3-6-13(12)18-15/h2-9H,1H3. The minimum absolute atomic E-state index is 0.0596. The third-order valence-corrected chi connectivity index (χ3v) is 2.82. The van der Waals surface area contributed by atoms with Crippen LogP contribution < -0.4 is 0 Å². The molecule has 0 unspecified atom stereocenters. The molecule has 0 atom stereocenters. The largest absolute Gasteiger partial charge is 0.293 e. The molecule has 0 radical (unpaired) electrons. The molecule has 2 aromatic heterocycles. The molecule has 3 rings (SSSR count). The van der Waals surface area contributed by atoms with Crippen LogP contribution in [-0.4, -0.2) is 20.7 Å². The second kappa shape index (κ2) is 4.57. The van der Waals surface area contributed by atoms with E-state index in [4.69, 9.17) is 0 Å². The van der Waals surface area contributed by atoms with Gasteiger partial charge in [0, 0.05) is 6.92 Å². The summed E-state index contributed by atoms with van der Waals surface area (Å²) in [4.78, 5) is 24.5. The van der Waals surface area contributed by atoms with Gasteiger partial charge in [-0.1, -0.05) is 18.2 Å². The maximum Gasteiger partial charge on any atom is 0.178 e. The van der Waals surface area contributed by atoms with Gasteiger partial charge < -0.3 is 0 Å². The number of hydrogen-bond acceptors (Lipinski definition) is 4. The van der Waals surface area contributed by atoms with Crippen LogP contribution in [0.3, 0.4) is 0 Å². The first-order valence-electron chi connectivity index (χ1n) is 5.94. The van der Waals surface area contributed by atoms with Gasteiger partial charge in [-0.2, -0.15) is 0 Å². The lowest BCUT2D eigenvalue weighted by molar-refractivity contribution is 0.101. The quantitative estimate of drug-likeness (QED) is 0.655. The summed E-state index contributed by atoms with van der Waals surface area (Å²) < 4.78 is 0. The van der Waals surface area contributed by atoms with Gasteiger partial charge in [-0.15, -0.1) is 0 Å². The van der Waals surface area contributed by atoms with Crippen molar-refractivity contribution < 1.29 is 4.79 Å². The first-order chi connectivity index (χ1) is 9.24. The van der Waals surface area contributed by atoms with Crippen LogP contribution in [-0.2, 0) is 0 Å². The number of para-hydroxylation sites is 2. The third-order valence-electron chi connectivity index (χ3n) is 2.82. The number of fused-ring (bicyclic) bond motifs is 1. The summed E-state index contributed by atoms with van der Waals surface area (Å²) in [6, 6.07) is 13.0. The Morgan fingerprint density at radius 2 is 1.68 bits per heavy atom. The Kier molecular flexibility index (Phi) is 2.76. The summed E-state index contributed by atoms with van der Waals surface area (Å²) in [5, 5.41) is 0. The van der Waals surface area contributed by atoms with Crippen LogP contribution in [0.4, 0.5) is 0 Å². The van der Waals surface area contributed by atoms with Crippen molar-refractivity contribution >= 4 is 16.8 Å². The van der Waals surface area contributed by atoms with Gasteiger partial charge in [0.25, 0.3) is 0 Å². The molecule has 3 aromatic rings. The highest BCUT2D eigenvalue weighted by Gasteiger charge is 2.06. The Hall–Kier alpha value is -2.62. The lowest BCUT2D eigenvalue weighted by atomic mass is 10.2. The van der Waals surface area contributed by atoms with Gasteiger partial charge in [0.1, 0.15) is 11.4 Å². The number of hydrogen-bond donors (Lipinski definition) is 0. The lowest BCUT2D eigenvalue weighted by Gasteiger charge is -2.03. The molecule has 0 aliphatic carbocycles. The molecule has 0 spiro atoms. The van der Waals surface area contributed by atoms with E-state index in [1.54, 1.807) is 18.3 Å². The summed E-state index contributed by atoms with van der Waals surface area (Å²) in [6.45, 7) is 1.50. The van der Waals surface area contributed by atoms with E-state index in [2.05, 4.69) is 15.0 Å². The molecule has 0 saturated carbocycles. The fraction of sp³-hybridized carbons (Fsp3) is 0.0667. The zero-order valence-corrected chi connectivity index (χ0v) is 10.4. The average Bonchev–Trinajstić information content (AvgIpc) is 2.47. The van der Waals surface area contributed by atoms with E-state index >= 15 is 0 Å². The Balaban J connectivity index is 2.13. The number of nitrogens with zero attached hydrogens (tertiary/aromatic N) is 3. The molecule has 1 aromatic carbocycles. The molecule has 0 saturated heterocycles. The van der Waals surface area contributed by atoms with Gasteiger partial charge in [-0.05, 0) is 24.3 Å². The molecular weight excluding hydrogens is 238 g/mol. The summed E-state index contributed by atoms with van der Waals surface area (Å²) in [5.41, 5.74) is 3.42. The van der Waals surface area contributed by atoms with E-state index in [9.17, 15) is 4.79 Å². The molecule has 0 fully saturated rings. The molecule has 2 heterocycles. The van der Waals surface area contributed by atoms with Gasteiger partial charge in [0.05, 0.1) is 22.9 Å². The molecular formula is C15H11N3O. The zero-order chi connectivity index (χ0) is 13.2. The van der Waals surface area contributed by atoms with Crippen LogP contribution in [0.25, 0.3) is 22.4 Å². The van der Waals surface area contributed by atoms with E-state index < -0.39 is 0 Å². The summed E-state index contributed by atoms with van der Waals surface area (Å²) in [6.07, 6.45) is 1.68. The minimum atomic E-state index is -0.0596. The Bertz CT molecular complexity index is 768. The maximum atomic E-state index is 11.3. The normalized spacial score (nSPS) is 10.6. The zero-order valence-electron chi connectivity index (χ0n) is 10.4. The van der Waals surface area contributed by atoms with E-state index in [1.165, 1.54) is 6.92 Å². The van der Waals surface area contributed by atoms with Crippen LogP contribution in [0, 0.1) is 0 Å². The van der Waals surface area contributed by atoms with Crippen LogP contribution >= 0.6 is 0 Å². The molecule has 0 bridgehead atoms. The fourth-order valence-corrected chi connectivity index (χ4v) is 1.85. The highest BCUT2D eigenvalue weighted by Crippen LogP contribution is 2.17. The van der Waals surface area contributed by atoms with E-state index in [0.29, 0.717) is 17.1 Å². The van der Waals surface area contributed by atoms with Crippen LogP contribution in [0.5, 0.6) is 0 Å². The number of pyridine rings is 1. The first-order valence-corrected chi connectivity index (χ1v) is 5.94. The van der Waals surface area contributed by atoms with Gasteiger partial charge in [-0.25, -0.2) is 9.97 Å². The van der Waals surface area contributed by atoms with Crippen molar-refractivity contribution in [2.45, 2.75) is 6.92 Å². The van der Waals surface area contributed by atoms with Crippen molar-refractivity contribution in [2.24, 2.45) is 0 Å². The monoisotopic (exact) mass is 249 g/mol. The number of benzene rings is 1. The van der Waals surface area contributed by atoms with Gasteiger partial charge >= 0.3 is 0 Å². The molecule has 0 aliphatic heterocycles. The molecule has 4 heteroatoms. The Labute approximate surface area is 110 Å². The SMILES string of the molecule is CC(=O)c1cccc(-c2cnc3ccccc3n2)n1. The molecule has 0 aliphatic rings. The first kappa shape index (κ1) is 11.5. The molecule has 0 N–H and O–H groups in total. The van der Waals surface area contributed by atoms with Crippen LogP contribution in [0.2, 0.25) is 0 Å². The number of Topliss-reactive ketones (excluding diaryl/α,β-unsaturated/α-hetero) is 1. The molecule has 92 valence electrons. The van der Waals surface area contributed by atoms with E-state index in [1.807, 2.05) is 30.3 Å². The summed E-state index contributed by atoms with van der Waals surface area (Å²) in [5.74, 6) is -0.0596. The second-order valence-corrected chi connectivity index (χ2v) is 4.21. The second-order valence-electron chi connectivity index (χ2n) is 4.21. The molecule has 4 nitrogen and oxygen atoms in total. The lowest BCUT2D eigenvalue weighted by Crippen LogP contribution is -1.98. The van der Waals surface area contributed by atoms with Crippen molar-refractivity contribution in [1.82, 2.24) is 15.0 Å². The number of ketones is 1. The number of rotatable bonds is 2. The van der Waals surface area contributed by atoms with Crippen molar-refractivity contribution in [3.63, 3.8) is 0 Å². The van der Waals surface area contributed by atoms with Gasteiger partial charge in [0.15, 0.2) is 5.78 Å². The Morgan fingerprint density at radius 1 is 0.895 bits per heavy atom. The average molecular weight is 249 g/mol. The van der Waals surface area contributed by atoms with E-state index in [-0.39, 0.29) is 5.78 Å². The highest BCUT2D eigenvalue weighted by atomic mass is 16.1. The Morgan fingerprint density at radius 3 is 2.47 bits per heavy atom. The highest BCUT2D eigenvalue weighted by molar-refractivity contribution is 5.92. The van der Waals surface area contributed by atoms with Crippen molar-refractivity contribution in [3.8, 4) is 11.4 Å². The van der Waals surface area contributed by atoms with Crippen LogP contribution in [0.15, 0.2) is 48.7 Å². The molecule has 19 heavy (non-hydrogen) atoms. The topological polar surface area (TPSA) is 55.7 Å². The summed E-state index contributed by atoms with van der Waals surface area (Å²) in [7, 11) is 0. The van der Waals surface area contributed by atoms with Crippen molar-refractivity contribution in [2.75, 3.05) is 0 Å². The number of carbonyl (C=O) groups is 1. The number of aromatic nitrogens is 3. The predicted molar refractivity (Wildman–Crippen MR) is 72.8 cm³/mol. The fourth-order valence-electron chi connectivity index (χ4n) is 1.85. The maximum absolute atomic E-state index is 11.3. The molecule has 0 amide bonds. The number of carbonyl (C=O) groups excluding carboxylic acids is 1. The minimum Gasteiger partial charge on any atom is -0.293 e. The third kappa shape index (κ3) is 2.20. The van der Waals surface area contributed by atoms with Gasteiger partial charge in [-0.3, -0.25) is 9.78 Å². The van der Waals surface area contributed by atoms with E-state index in [0.717, 1.165) is 11.0 Å². The summed E-state index contributed by atoms with van der Waals surface area (Å²) >= 11 is 0. The smallest absolute Gasteiger partial charge is 0.178 e. The van der Waals surface area contributed by atoms with Gasteiger partial charge in [0.2, 0.25) is 0 Å². The van der Waals surface area contributed by atoms with Crippen molar-refractivity contribution in [3.05, 3.63) is 54.4 Å². The van der Waals surface area contributed by atoms with Crippen molar-refractivity contribution in [1.29, 1.82) is 0 Å². The van der Waals surface area contributed by atoms with Crippen LogP contribution in [0.1, 0.15) is 17.4 Å².